The van der Waals surface area contributed by atoms with E-state index in [1.165, 1.54) is 0 Å². The zero-order valence-corrected chi connectivity index (χ0v) is 13.1. The monoisotopic (exact) mass is 314 g/mol. The van der Waals surface area contributed by atoms with Crippen molar-refractivity contribution in [1.82, 2.24) is 19.8 Å². The van der Waals surface area contributed by atoms with Crippen LogP contribution in [0.5, 0.6) is 0 Å². The molecule has 1 saturated carbocycles. The number of aromatic nitrogens is 2. The first-order chi connectivity index (χ1) is 10.1. The number of likely N-dealkylation sites (tertiary alicyclic amines) is 1. The number of aryl methyl sites for hydroxylation is 1. The van der Waals surface area contributed by atoms with Crippen molar-refractivity contribution >= 4 is 10.0 Å². The molecule has 0 aromatic carbocycles. The smallest absolute Gasteiger partial charge is 0.230 e. The van der Waals surface area contributed by atoms with Gasteiger partial charge in [-0.1, -0.05) is 19.8 Å². The van der Waals surface area contributed by atoms with Gasteiger partial charge >= 0.3 is 0 Å². The van der Waals surface area contributed by atoms with E-state index in [2.05, 4.69) is 14.9 Å². The Bertz CT molecular complexity index is 574. The largest absolute Gasteiger partial charge is 0.424 e. The molecule has 0 radical (unpaired) electrons. The number of nitrogens with one attached hydrogen (secondary N) is 1. The van der Waals surface area contributed by atoms with Gasteiger partial charge in [-0.25, -0.2) is 13.1 Å². The van der Waals surface area contributed by atoms with E-state index in [0.29, 0.717) is 31.4 Å². The van der Waals surface area contributed by atoms with Crippen molar-refractivity contribution in [2.24, 2.45) is 0 Å². The molecule has 21 heavy (non-hydrogen) atoms. The van der Waals surface area contributed by atoms with Gasteiger partial charge in [0, 0.05) is 25.6 Å². The summed E-state index contributed by atoms with van der Waals surface area (Å²) in [5, 5.41) is 7.55. The Morgan fingerprint density at radius 2 is 1.90 bits per heavy atom. The normalized spacial score (nSPS) is 21.8. The molecule has 0 amide bonds. The molecule has 118 valence electrons. The second kappa shape index (κ2) is 6.02. The molecule has 0 atom stereocenters. The van der Waals surface area contributed by atoms with Crippen molar-refractivity contribution in [1.29, 1.82) is 0 Å². The maximum Gasteiger partial charge on any atom is 0.230 e. The van der Waals surface area contributed by atoms with E-state index in [1.807, 2.05) is 11.8 Å². The van der Waals surface area contributed by atoms with Gasteiger partial charge in [0.25, 0.3) is 0 Å². The summed E-state index contributed by atoms with van der Waals surface area (Å²) in [7, 11) is -3.19. The highest BCUT2D eigenvalue weighted by Gasteiger charge is 2.39. The highest BCUT2D eigenvalue weighted by atomic mass is 32.2. The fraction of sp³-hybridized carbons (Fsp3) is 0.846. The third-order valence-electron chi connectivity index (χ3n) is 4.22. The van der Waals surface area contributed by atoms with Gasteiger partial charge in [0.2, 0.25) is 21.8 Å². The van der Waals surface area contributed by atoms with Gasteiger partial charge in [0.15, 0.2) is 0 Å². The molecule has 1 aromatic rings. The standard InChI is InChI=1S/C13H22N4O3S/c1-2-12-14-15-13(20-12)9-17-7-11(8-17)21(18,19)16-10-5-3-4-6-10/h10-11,16H,2-9H2,1H3. The van der Waals surface area contributed by atoms with Crippen LogP contribution in [0.4, 0.5) is 0 Å². The Morgan fingerprint density at radius 1 is 1.24 bits per heavy atom. The SMILES string of the molecule is CCc1nnc(CN2CC(S(=O)(=O)NC3CCCC3)C2)o1. The van der Waals surface area contributed by atoms with Crippen LogP contribution in [-0.4, -0.2) is 47.9 Å². The van der Waals surface area contributed by atoms with Crippen LogP contribution < -0.4 is 4.72 Å². The van der Waals surface area contributed by atoms with Gasteiger partial charge in [-0.2, -0.15) is 0 Å². The van der Waals surface area contributed by atoms with Crippen molar-refractivity contribution in [2.75, 3.05) is 13.1 Å². The Kier molecular flexibility index (Phi) is 4.28. The predicted octanol–water partition coefficient (Wildman–Crippen LogP) is 0.678. The van der Waals surface area contributed by atoms with E-state index in [-0.39, 0.29) is 11.3 Å². The molecular formula is C13H22N4O3S. The first-order valence-corrected chi connectivity index (χ1v) is 9.16. The molecule has 1 aromatic heterocycles. The Labute approximate surface area is 125 Å². The van der Waals surface area contributed by atoms with Crippen molar-refractivity contribution in [2.45, 2.75) is 56.9 Å². The molecule has 8 heteroatoms. The summed E-state index contributed by atoms with van der Waals surface area (Å²) in [6.45, 7) is 3.55. The van der Waals surface area contributed by atoms with Crippen LogP contribution >= 0.6 is 0 Å². The van der Waals surface area contributed by atoms with Crippen molar-refractivity contribution in [3.63, 3.8) is 0 Å². The number of nitrogens with zero attached hydrogens (tertiary/aromatic N) is 3. The van der Waals surface area contributed by atoms with Gasteiger partial charge in [0.05, 0.1) is 6.54 Å². The lowest BCUT2D eigenvalue weighted by atomic mass is 10.2. The lowest BCUT2D eigenvalue weighted by Gasteiger charge is -2.38. The summed E-state index contributed by atoms with van der Waals surface area (Å²) in [6.07, 6.45) is 4.91. The third-order valence-corrected chi connectivity index (χ3v) is 6.06. The van der Waals surface area contributed by atoms with Crippen molar-refractivity contribution in [3.05, 3.63) is 11.8 Å². The number of sulfonamides is 1. The fourth-order valence-corrected chi connectivity index (χ4v) is 4.61. The van der Waals surface area contributed by atoms with Crippen LogP contribution in [0.1, 0.15) is 44.4 Å². The number of hydrogen-bond donors (Lipinski definition) is 1. The summed E-state index contributed by atoms with van der Waals surface area (Å²) >= 11 is 0. The lowest BCUT2D eigenvalue weighted by Crippen LogP contribution is -2.58. The van der Waals surface area contributed by atoms with Crippen LogP contribution in [-0.2, 0) is 23.0 Å². The maximum absolute atomic E-state index is 12.2. The van der Waals surface area contributed by atoms with Crippen LogP contribution in [0.2, 0.25) is 0 Å². The molecule has 2 aliphatic rings. The summed E-state index contributed by atoms with van der Waals surface area (Å²) in [5.74, 6) is 1.18. The summed E-state index contributed by atoms with van der Waals surface area (Å²) < 4.78 is 32.7. The first kappa shape index (κ1) is 14.9. The summed E-state index contributed by atoms with van der Waals surface area (Å²) in [4.78, 5) is 2.02. The minimum absolute atomic E-state index is 0.145. The highest BCUT2D eigenvalue weighted by Crippen LogP contribution is 2.22. The van der Waals surface area contributed by atoms with E-state index >= 15 is 0 Å². The maximum atomic E-state index is 12.2. The second-order valence-corrected chi connectivity index (χ2v) is 7.90. The average molecular weight is 314 g/mol. The van der Waals surface area contributed by atoms with Crippen LogP contribution in [0.25, 0.3) is 0 Å². The highest BCUT2D eigenvalue weighted by molar-refractivity contribution is 7.90. The Hall–Kier alpha value is -0.990. The van der Waals surface area contributed by atoms with Gasteiger partial charge in [-0.05, 0) is 12.8 Å². The molecule has 7 nitrogen and oxygen atoms in total. The van der Waals surface area contributed by atoms with E-state index in [9.17, 15) is 8.42 Å². The average Bonchev–Trinajstić information content (AvgIpc) is 3.03. The minimum Gasteiger partial charge on any atom is -0.424 e. The molecule has 3 rings (SSSR count). The van der Waals surface area contributed by atoms with E-state index in [1.54, 1.807) is 0 Å². The molecular weight excluding hydrogens is 292 g/mol. The van der Waals surface area contributed by atoms with Gasteiger partial charge < -0.3 is 4.42 Å². The lowest BCUT2D eigenvalue weighted by molar-refractivity contribution is 0.157. The summed E-state index contributed by atoms with van der Waals surface area (Å²) in [6, 6.07) is 0.145. The molecule has 0 bridgehead atoms. The molecule has 1 aliphatic heterocycles. The van der Waals surface area contributed by atoms with E-state index < -0.39 is 10.0 Å². The Balaban J connectivity index is 1.48. The van der Waals surface area contributed by atoms with Crippen LogP contribution in [0.15, 0.2) is 4.42 Å². The van der Waals surface area contributed by atoms with Crippen LogP contribution in [0.3, 0.4) is 0 Å². The van der Waals surface area contributed by atoms with Gasteiger partial charge in [-0.15, -0.1) is 10.2 Å². The molecule has 1 aliphatic carbocycles. The van der Waals surface area contributed by atoms with E-state index in [0.717, 1.165) is 32.1 Å². The topological polar surface area (TPSA) is 88.3 Å². The van der Waals surface area contributed by atoms with Crippen molar-refractivity contribution in [3.8, 4) is 0 Å². The molecule has 1 N–H and O–H groups in total. The molecule has 0 unspecified atom stereocenters. The molecule has 2 heterocycles. The zero-order valence-electron chi connectivity index (χ0n) is 12.3. The first-order valence-electron chi connectivity index (χ1n) is 7.61. The predicted molar refractivity (Wildman–Crippen MR) is 77.1 cm³/mol. The summed E-state index contributed by atoms with van der Waals surface area (Å²) in [5.41, 5.74) is 0. The third kappa shape index (κ3) is 3.44. The number of rotatable bonds is 6. The quantitative estimate of drug-likeness (QED) is 0.830. The Morgan fingerprint density at radius 3 is 2.52 bits per heavy atom. The zero-order chi connectivity index (χ0) is 14.9. The fourth-order valence-electron chi connectivity index (χ4n) is 2.91. The van der Waals surface area contributed by atoms with Crippen LogP contribution in [0, 0.1) is 0 Å². The number of hydrogen-bond acceptors (Lipinski definition) is 6. The van der Waals surface area contributed by atoms with Gasteiger partial charge in [0.1, 0.15) is 5.25 Å². The molecule has 0 spiro atoms. The van der Waals surface area contributed by atoms with Crippen molar-refractivity contribution < 1.29 is 12.8 Å². The minimum atomic E-state index is -3.19. The van der Waals surface area contributed by atoms with Gasteiger partial charge in [-0.3, -0.25) is 4.90 Å². The second-order valence-electron chi connectivity index (χ2n) is 5.90. The molecule has 2 fully saturated rings. The van der Waals surface area contributed by atoms with E-state index in [4.69, 9.17) is 4.42 Å². The molecule has 1 saturated heterocycles.